The van der Waals surface area contributed by atoms with E-state index in [1.54, 1.807) is 18.3 Å². The molecule has 0 aliphatic rings. The maximum atomic E-state index is 12.7. The zero-order chi connectivity index (χ0) is 24.0. The number of nitrogens with one attached hydrogen (secondary N) is 2. The molecule has 0 amide bonds. The first-order valence-corrected chi connectivity index (χ1v) is 12.0. The van der Waals surface area contributed by atoms with Gasteiger partial charge in [-0.3, -0.25) is 9.78 Å². The normalized spacial score (nSPS) is 10.9. The van der Waals surface area contributed by atoms with Gasteiger partial charge >= 0.3 is 0 Å². The van der Waals surface area contributed by atoms with Crippen LogP contribution in [0.1, 0.15) is 17.0 Å². The molecule has 0 unspecified atom stereocenters. The van der Waals surface area contributed by atoms with E-state index in [1.807, 2.05) is 47.8 Å². The highest BCUT2D eigenvalue weighted by Crippen LogP contribution is 2.27. The third kappa shape index (κ3) is 5.28. The van der Waals surface area contributed by atoms with Gasteiger partial charge in [-0.15, -0.1) is 17.9 Å². The molecule has 0 radical (unpaired) electrons. The summed E-state index contributed by atoms with van der Waals surface area (Å²) in [6, 6.07) is 19.9. The molecule has 5 rings (SSSR count). The number of benzene rings is 2. The van der Waals surface area contributed by atoms with E-state index in [4.69, 9.17) is 4.74 Å². The molecule has 0 bridgehead atoms. The van der Waals surface area contributed by atoms with Crippen molar-refractivity contribution in [2.24, 2.45) is 0 Å². The van der Waals surface area contributed by atoms with Crippen molar-refractivity contribution in [3.05, 3.63) is 112 Å². The summed E-state index contributed by atoms with van der Waals surface area (Å²) in [4.78, 5) is 29.2. The fourth-order valence-corrected chi connectivity index (χ4v) is 4.38. The summed E-state index contributed by atoms with van der Waals surface area (Å²) in [6.45, 7) is 4.44. The minimum Gasteiger partial charge on any atom is -0.486 e. The maximum absolute atomic E-state index is 12.7. The molecular formula is C27H23N5O2S. The first-order chi connectivity index (χ1) is 17.2. The first kappa shape index (κ1) is 22.5. The molecule has 0 fully saturated rings. The lowest BCUT2D eigenvalue weighted by Gasteiger charge is -2.09. The van der Waals surface area contributed by atoms with Gasteiger partial charge in [-0.05, 0) is 35.7 Å². The number of aromatic nitrogens is 4. The Morgan fingerprint density at radius 1 is 1.03 bits per heavy atom. The monoisotopic (exact) mass is 481 g/mol. The Balaban J connectivity index is 1.34. The number of ether oxygens (including phenoxy) is 1. The van der Waals surface area contributed by atoms with E-state index in [2.05, 4.69) is 44.0 Å². The van der Waals surface area contributed by atoms with Crippen LogP contribution < -0.4 is 15.6 Å². The van der Waals surface area contributed by atoms with Crippen LogP contribution in [0.15, 0.2) is 89.7 Å². The average Bonchev–Trinajstić information content (AvgIpc) is 3.36. The summed E-state index contributed by atoms with van der Waals surface area (Å²) < 4.78 is 5.91. The number of hydrogen-bond donors (Lipinski definition) is 2. The fraction of sp³-hybridized carbons (Fsp3) is 0.111. The lowest BCUT2D eigenvalue weighted by Crippen LogP contribution is -2.14. The van der Waals surface area contributed by atoms with E-state index >= 15 is 0 Å². The van der Waals surface area contributed by atoms with Crippen molar-refractivity contribution < 1.29 is 4.74 Å². The van der Waals surface area contributed by atoms with Crippen LogP contribution in [-0.2, 0) is 13.0 Å². The number of nitrogens with zero attached hydrogens (tertiary/aromatic N) is 3. The standard InChI is InChI=1S/C27H23N5O2S/c1-2-13-29-27-30-22(17-35-27)25-24-21(12-14-28-25)26(33)32-23(31-24)16-34-20-10-8-19(9-11-20)15-18-6-4-3-5-7-18/h2-12,14,17H,1,13,15-16H2,(H,29,30)(H,31,32,33). The molecule has 0 saturated carbocycles. The molecule has 2 N–H and O–H groups in total. The van der Waals surface area contributed by atoms with Gasteiger partial charge in [0.1, 0.15) is 35.1 Å². The van der Waals surface area contributed by atoms with Gasteiger partial charge in [0.2, 0.25) is 0 Å². The average molecular weight is 482 g/mol. The summed E-state index contributed by atoms with van der Waals surface area (Å²) in [7, 11) is 0. The largest absolute Gasteiger partial charge is 0.486 e. The third-order valence-electron chi connectivity index (χ3n) is 5.37. The fourth-order valence-electron chi connectivity index (χ4n) is 3.68. The summed E-state index contributed by atoms with van der Waals surface area (Å²) in [5.41, 5.74) is 3.92. The number of anilines is 1. The highest BCUT2D eigenvalue weighted by atomic mass is 32.1. The number of rotatable bonds is 9. The zero-order valence-corrected chi connectivity index (χ0v) is 19.7. The van der Waals surface area contributed by atoms with E-state index in [9.17, 15) is 4.79 Å². The van der Waals surface area contributed by atoms with Gasteiger partial charge in [-0.1, -0.05) is 48.5 Å². The summed E-state index contributed by atoms with van der Waals surface area (Å²) in [5.74, 6) is 1.12. The Labute approximate surface area is 206 Å². The van der Waals surface area contributed by atoms with Gasteiger partial charge in [-0.25, -0.2) is 9.97 Å². The second-order valence-corrected chi connectivity index (χ2v) is 8.73. The van der Waals surface area contributed by atoms with E-state index < -0.39 is 0 Å². The maximum Gasteiger partial charge on any atom is 0.258 e. The predicted octanol–water partition coefficient (Wildman–Crippen LogP) is 5.21. The van der Waals surface area contributed by atoms with Crippen LogP contribution in [0.4, 0.5) is 5.13 Å². The Kier molecular flexibility index (Phi) is 6.63. The summed E-state index contributed by atoms with van der Waals surface area (Å²) in [6.07, 6.45) is 4.22. The van der Waals surface area contributed by atoms with Crippen LogP contribution in [-0.4, -0.2) is 26.5 Å². The van der Waals surface area contributed by atoms with E-state index in [0.29, 0.717) is 40.4 Å². The third-order valence-corrected chi connectivity index (χ3v) is 6.17. The van der Waals surface area contributed by atoms with E-state index in [-0.39, 0.29) is 12.2 Å². The molecule has 8 heteroatoms. The summed E-state index contributed by atoms with van der Waals surface area (Å²) in [5, 5.41) is 6.27. The van der Waals surface area contributed by atoms with Crippen molar-refractivity contribution in [2.45, 2.75) is 13.0 Å². The van der Waals surface area contributed by atoms with E-state index in [0.717, 1.165) is 11.6 Å². The van der Waals surface area contributed by atoms with Gasteiger partial charge in [-0.2, -0.15) is 0 Å². The molecule has 0 atom stereocenters. The molecule has 5 aromatic rings. The highest BCUT2D eigenvalue weighted by Gasteiger charge is 2.14. The summed E-state index contributed by atoms with van der Waals surface area (Å²) >= 11 is 1.46. The van der Waals surface area contributed by atoms with Crippen molar-refractivity contribution >= 4 is 27.4 Å². The first-order valence-electron chi connectivity index (χ1n) is 11.1. The smallest absolute Gasteiger partial charge is 0.258 e. The topological polar surface area (TPSA) is 92.8 Å². The number of aromatic amines is 1. The number of thiazole rings is 1. The molecule has 2 aromatic carbocycles. The minimum absolute atomic E-state index is 0.126. The van der Waals surface area contributed by atoms with Crippen molar-refractivity contribution in [1.82, 2.24) is 19.9 Å². The molecule has 7 nitrogen and oxygen atoms in total. The van der Waals surface area contributed by atoms with Gasteiger partial charge in [0, 0.05) is 18.1 Å². The number of hydrogen-bond acceptors (Lipinski definition) is 7. The van der Waals surface area contributed by atoms with Gasteiger partial charge in [0.25, 0.3) is 5.56 Å². The molecule has 174 valence electrons. The van der Waals surface area contributed by atoms with Gasteiger partial charge in [0.05, 0.1) is 5.39 Å². The molecule has 35 heavy (non-hydrogen) atoms. The highest BCUT2D eigenvalue weighted by molar-refractivity contribution is 7.14. The Hall–Kier alpha value is -4.30. The van der Waals surface area contributed by atoms with Crippen molar-refractivity contribution in [1.29, 1.82) is 0 Å². The molecule has 3 heterocycles. The minimum atomic E-state index is -0.240. The quantitative estimate of drug-likeness (QED) is 0.281. The van der Waals surface area contributed by atoms with Crippen LogP contribution in [0.2, 0.25) is 0 Å². The Bertz CT molecular complexity index is 1510. The van der Waals surface area contributed by atoms with E-state index in [1.165, 1.54) is 22.5 Å². The van der Waals surface area contributed by atoms with Crippen LogP contribution in [0, 0.1) is 0 Å². The van der Waals surface area contributed by atoms with Crippen LogP contribution in [0.25, 0.3) is 22.3 Å². The van der Waals surface area contributed by atoms with Gasteiger partial charge in [0.15, 0.2) is 5.13 Å². The Morgan fingerprint density at radius 3 is 2.63 bits per heavy atom. The number of fused-ring (bicyclic) bond motifs is 1. The molecule has 0 saturated heterocycles. The molecule has 3 aromatic heterocycles. The lowest BCUT2D eigenvalue weighted by molar-refractivity contribution is 0.296. The predicted molar refractivity (Wildman–Crippen MR) is 140 cm³/mol. The van der Waals surface area contributed by atoms with Crippen molar-refractivity contribution in [2.75, 3.05) is 11.9 Å². The molecular weight excluding hydrogens is 458 g/mol. The lowest BCUT2D eigenvalue weighted by atomic mass is 10.1. The SMILES string of the molecule is C=CCNc1nc(-c2nccc3c(=O)[nH]c(COc4ccc(Cc5ccccc5)cc4)nc23)cs1. The van der Waals surface area contributed by atoms with Crippen LogP contribution in [0.3, 0.4) is 0 Å². The molecule has 0 aliphatic carbocycles. The number of pyridine rings is 1. The van der Waals surface area contributed by atoms with Crippen LogP contribution >= 0.6 is 11.3 Å². The second kappa shape index (κ2) is 10.3. The zero-order valence-electron chi connectivity index (χ0n) is 18.9. The van der Waals surface area contributed by atoms with Crippen molar-refractivity contribution in [3.8, 4) is 17.1 Å². The molecule has 0 aliphatic heterocycles. The molecule has 0 spiro atoms. The Morgan fingerprint density at radius 2 is 1.83 bits per heavy atom. The second-order valence-electron chi connectivity index (χ2n) is 7.87. The van der Waals surface area contributed by atoms with Crippen molar-refractivity contribution in [3.63, 3.8) is 0 Å². The van der Waals surface area contributed by atoms with Gasteiger partial charge < -0.3 is 15.0 Å². The van der Waals surface area contributed by atoms with Crippen LogP contribution in [0.5, 0.6) is 5.75 Å². The number of H-pyrrole nitrogens is 1.